The zero-order valence-electron chi connectivity index (χ0n) is 8.39. The molecule has 2 heteroatoms. The van der Waals surface area contributed by atoms with Crippen molar-refractivity contribution in [2.24, 2.45) is 0 Å². The van der Waals surface area contributed by atoms with Crippen LogP contribution in [0.1, 0.15) is 11.1 Å². The van der Waals surface area contributed by atoms with Gasteiger partial charge in [-0.2, -0.15) is 0 Å². The van der Waals surface area contributed by atoms with E-state index in [2.05, 4.69) is 35.6 Å². The van der Waals surface area contributed by atoms with E-state index in [0.29, 0.717) is 5.88 Å². The van der Waals surface area contributed by atoms with E-state index in [-0.39, 0.29) is 0 Å². The van der Waals surface area contributed by atoms with Gasteiger partial charge in [0.05, 0.1) is 0 Å². The Labute approximate surface area is 94.1 Å². The van der Waals surface area contributed by atoms with Gasteiger partial charge in [0, 0.05) is 18.1 Å². The van der Waals surface area contributed by atoms with E-state index in [1.54, 1.807) is 0 Å². The topological polar surface area (TPSA) is 12.0 Å². The standard InChI is InChI=1S/C13H12ClN/c14-8-9-7-13-12(5-6-15-13)11-4-2-1-3-10(9)11/h1-4,7,15H,5-6,8H2. The summed E-state index contributed by atoms with van der Waals surface area (Å²) in [5.41, 5.74) is 3.93. The summed E-state index contributed by atoms with van der Waals surface area (Å²) in [6.07, 6.45) is 1.12. The molecule has 76 valence electrons. The summed E-state index contributed by atoms with van der Waals surface area (Å²) in [7, 11) is 0. The van der Waals surface area contributed by atoms with Gasteiger partial charge in [0.1, 0.15) is 0 Å². The summed E-state index contributed by atoms with van der Waals surface area (Å²) < 4.78 is 0. The van der Waals surface area contributed by atoms with E-state index < -0.39 is 0 Å². The summed E-state index contributed by atoms with van der Waals surface area (Å²) in [4.78, 5) is 0. The molecule has 2 aromatic rings. The van der Waals surface area contributed by atoms with Gasteiger partial charge in [0.2, 0.25) is 0 Å². The first-order valence-corrected chi connectivity index (χ1v) is 5.77. The maximum absolute atomic E-state index is 5.98. The second kappa shape index (κ2) is 3.42. The quantitative estimate of drug-likeness (QED) is 0.721. The summed E-state index contributed by atoms with van der Waals surface area (Å²) in [6, 6.07) is 10.7. The fourth-order valence-corrected chi connectivity index (χ4v) is 2.59. The molecule has 1 aliphatic rings. The molecule has 0 atom stereocenters. The van der Waals surface area contributed by atoms with Crippen molar-refractivity contribution >= 4 is 28.1 Å². The number of alkyl halides is 1. The Morgan fingerprint density at radius 3 is 2.80 bits per heavy atom. The molecule has 2 aromatic carbocycles. The van der Waals surface area contributed by atoms with E-state index in [9.17, 15) is 0 Å². The summed E-state index contributed by atoms with van der Waals surface area (Å²) in [6.45, 7) is 1.05. The van der Waals surface area contributed by atoms with Crippen molar-refractivity contribution in [3.8, 4) is 0 Å². The summed E-state index contributed by atoms with van der Waals surface area (Å²) in [5.74, 6) is 0.579. The lowest BCUT2D eigenvalue weighted by atomic mass is 9.98. The summed E-state index contributed by atoms with van der Waals surface area (Å²) in [5, 5.41) is 6.07. The van der Waals surface area contributed by atoms with Crippen molar-refractivity contribution in [3.63, 3.8) is 0 Å². The molecule has 1 N–H and O–H groups in total. The van der Waals surface area contributed by atoms with Crippen LogP contribution in [0.3, 0.4) is 0 Å². The van der Waals surface area contributed by atoms with Crippen LogP contribution in [-0.2, 0) is 12.3 Å². The van der Waals surface area contributed by atoms with Crippen molar-refractivity contribution in [2.45, 2.75) is 12.3 Å². The molecule has 1 heterocycles. The minimum Gasteiger partial charge on any atom is -0.384 e. The molecule has 0 amide bonds. The number of halogens is 1. The molecule has 0 aliphatic carbocycles. The Balaban J connectivity index is 2.41. The largest absolute Gasteiger partial charge is 0.384 e. The highest BCUT2D eigenvalue weighted by Crippen LogP contribution is 2.33. The van der Waals surface area contributed by atoms with Crippen LogP contribution >= 0.6 is 11.6 Å². The van der Waals surface area contributed by atoms with Gasteiger partial charge >= 0.3 is 0 Å². The van der Waals surface area contributed by atoms with Crippen LogP contribution in [0.5, 0.6) is 0 Å². The van der Waals surface area contributed by atoms with Crippen LogP contribution in [0, 0.1) is 0 Å². The van der Waals surface area contributed by atoms with E-state index in [1.807, 2.05) is 0 Å². The molecule has 0 bridgehead atoms. The van der Waals surface area contributed by atoms with Crippen LogP contribution in [0.25, 0.3) is 10.8 Å². The third kappa shape index (κ3) is 1.30. The highest BCUT2D eigenvalue weighted by atomic mass is 35.5. The first-order valence-electron chi connectivity index (χ1n) is 5.23. The molecule has 0 saturated carbocycles. The number of nitrogens with one attached hydrogen (secondary N) is 1. The molecule has 0 spiro atoms. The zero-order chi connectivity index (χ0) is 10.3. The second-order valence-electron chi connectivity index (χ2n) is 3.92. The van der Waals surface area contributed by atoms with Crippen molar-refractivity contribution in [2.75, 3.05) is 11.9 Å². The van der Waals surface area contributed by atoms with Gasteiger partial charge in [-0.15, -0.1) is 11.6 Å². The highest BCUT2D eigenvalue weighted by Gasteiger charge is 2.15. The van der Waals surface area contributed by atoms with Gasteiger partial charge in [-0.25, -0.2) is 0 Å². The van der Waals surface area contributed by atoms with E-state index in [1.165, 1.54) is 27.6 Å². The number of fused-ring (bicyclic) bond motifs is 3. The molecule has 0 saturated heterocycles. The molecule has 0 aromatic heterocycles. The smallest absolute Gasteiger partial charge is 0.0480 e. The minimum absolute atomic E-state index is 0.579. The first kappa shape index (κ1) is 9.05. The lowest BCUT2D eigenvalue weighted by Crippen LogP contribution is -1.91. The maximum Gasteiger partial charge on any atom is 0.0480 e. The SMILES string of the molecule is ClCc1cc2c(c3ccccc13)CCN2. The Bertz CT molecular complexity index is 519. The molecular formula is C13H12ClN. The first-order chi connectivity index (χ1) is 7.40. The fourth-order valence-electron chi connectivity index (χ4n) is 2.37. The number of hydrogen-bond donors (Lipinski definition) is 1. The van der Waals surface area contributed by atoms with E-state index in [4.69, 9.17) is 11.6 Å². The van der Waals surface area contributed by atoms with Crippen LogP contribution in [-0.4, -0.2) is 6.54 Å². The Kier molecular flexibility index (Phi) is 2.06. The average molecular weight is 218 g/mol. The van der Waals surface area contributed by atoms with Gasteiger partial charge in [0.15, 0.2) is 0 Å². The minimum atomic E-state index is 0.579. The molecule has 3 rings (SSSR count). The third-order valence-electron chi connectivity index (χ3n) is 3.08. The van der Waals surface area contributed by atoms with Crippen LogP contribution in [0.15, 0.2) is 30.3 Å². The van der Waals surface area contributed by atoms with Gasteiger partial charge in [0.25, 0.3) is 0 Å². The average Bonchev–Trinajstić information content (AvgIpc) is 2.76. The predicted octanol–water partition coefficient (Wildman–Crippen LogP) is 3.55. The Hall–Kier alpha value is -1.21. The Morgan fingerprint density at radius 2 is 2.00 bits per heavy atom. The molecule has 15 heavy (non-hydrogen) atoms. The number of benzene rings is 2. The van der Waals surface area contributed by atoms with Crippen LogP contribution in [0.2, 0.25) is 0 Å². The van der Waals surface area contributed by atoms with Gasteiger partial charge < -0.3 is 5.32 Å². The lowest BCUT2D eigenvalue weighted by Gasteiger charge is -2.09. The number of anilines is 1. The summed E-state index contributed by atoms with van der Waals surface area (Å²) >= 11 is 5.98. The van der Waals surface area contributed by atoms with Crippen molar-refractivity contribution < 1.29 is 0 Å². The van der Waals surface area contributed by atoms with E-state index >= 15 is 0 Å². The zero-order valence-corrected chi connectivity index (χ0v) is 9.14. The molecule has 0 unspecified atom stereocenters. The third-order valence-corrected chi connectivity index (χ3v) is 3.36. The second-order valence-corrected chi connectivity index (χ2v) is 4.19. The van der Waals surface area contributed by atoms with Crippen molar-refractivity contribution in [3.05, 3.63) is 41.5 Å². The molecule has 1 aliphatic heterocycles. The Morgan fingerprint density at radius 1 is 1.20 bits per heavy atom. The van der Waals surface area contributed by atoms with Crippen LogP contribution in [0.4, 0.5) is 5.69 Å². The highest BCUT2D eigenvalue weighted by molar-refractivity contribution is 6.18. The molecule has 0 radical (unpaired) electrons. The van der Waals surface area contributed by atoms with Gasteiger partial charge in [-0.05, 0) is 34.4 Å². The molecular weight excluding hydrogens is 206 g/mol. The predicted molar refractivity (Wildman–Crippen MR) is 65.7 cm³/mol. The lowest BCUT2D eigenvalue weighted by molar-refractivity contribution is 1.11. The van der Waals surface area contributed by atoms with Gasteiger partial charge in [-0.3, -0.25) is 0 Å². The fraction of sp³-hybridized carbons (Fsp3) is 0.231. The molecule has 0 fully saturated rings. The molecule has 1 nitrogen and oxygen atoms in total. The monoisotopic (exact) mass is 217 g/mol. The number of hydrogen-bond acceptors (Lipinski definition) is 1. The van der Waals surface area contributed by atoms with Gasteiger partial charge in [-0.1, -0.05) is 24.3 Å². The normalized spacial score (nSPS) is 13.9. The van der Waals surface area contributed by atoms with E-state index in [0.717, 1.165) is 13.0 Å². The maximum atomic E-state index is 5.98. The van der Waals surface area contributed by atoms with Crippen LogP contribution < -0.4 is 5.32 Å². The van der Waals surface area contributed by atoms with Crippen molar-refractivity contribution in [1.82, 2.24) is 0 Å². The number of rotatable bonds is 1. The van der Waals surface area contributed by atoms with Crippen molar-refractivity contribution in [1.29, 1.82) is 0 Å².